The van der Waals surface area contributed by atoms with Gasteiger partial charge in [0.25, 0.3) is 0 Å². The van der Waals surface area contributed by atoms with Crippen LogP contribution in [0.4, 0.5) is 0 Å². The van der Waals surface area contributed by atoms with E-state index in [-0.39, 0.29) is 0 Å². The largest absolute Gasteiger partial charge is 0.454 e. The van der Waals surface area contributed by atoms with Gasteiger partial charge in [-0.15, -0.1) is 0 Å². The summed E-state index contributed by atoms with van der Waals surface area (Å²) in [6, 6.07) is 2.05. The minimum Gasteiger partial charge on any atom is -0.454 e. The van der Waals surface area contributed by atoms with Crippen LogP contribution >= 0.6 is 15.9 Å². The van der Waals surface area contributed by atoms with Crippen LogP contribution < -0.4 is 14.8 Å². The quantitative estimate of drug-likeness (QED) is 0.915. The molecule has 15 heavy (non-hydrogen) atoms. The summed E-state index contributed by atoms with van der Waals surface area (Å²) in [6.45, 7) is 3.33. The zero-order valence-corrected chi connectivity index (χ0v) is 10.5. The van der Waals surface area contributed by atoms with Crippen LogP contribution in [0.2, 0.25) is 0 Å². The third-order valence-electron chi connectivity index (χ3n) is 2.54. The predicted octanol–water partition coefficient (Wildman–Crippen LogP) is 2.25. The lowest BCUT2D eigenvalue weighted by atomic mass is 10.1. The maximum atomic E-state index is 5.40. The van der Waals surface area contributed by atoms with Gasteiger partial charge in [-0.3, -0.25) is 0 Å². The summed E-state index contributed by atoms with van der Waals surface area (Å²) in [7, 11) is 1.95. The number of hydrogen-bond donors (Lipinski definition) is 1. The highest BCUT2D eigenvalue weighted by molar-refractivity contribution is 9.10. The summed E-state index contributed by atoms with van der Waals surface area (Å²) in [4.78, 5) is 0. The number of halogens is 1. The highest BCUT2D eigenvalue weighted by Gasteiger charge is 2.20. The molecule has 1 N–H and O–H groups in total. The monoisotopic (exact) mass is 271 g/mol. The van der Waals surface area contributed by atoms with Crippen molar-refractivity contribution in [1.82, 2.24) is 5.32 Å². The molecule has 0 radical (unpaired) electrons. The summed E-state index contributed by atoms with van der Waals surface area (Å²) in [5, 5.41) is 3.14. The molecule has 82 valence electrons. The van der Waals surface area contributed by atoms with Crippen molar-refractivity contribution in [2.24, 2.45) is 0 Å². The molecule has 3 nitrogen and oxygen atoms in total. The normalized spacial score (nSPS) is 13.3. The number of likely N-dealkylation sites (N-methyl/N-ethyl adjacent to an activating group) is 1. The van der Waals surface area contributed by atoms with Crippen LogP contribution in [0.3, 0.4) is 0 Å². The molecule has 0 spiro atoms. The van der Waals surface area contributed by atoms with Crippen molar-refractivity contribution in [2.45, 2.75) is 13.3 Å². The minimum atomic E-state index is 0.331. The fourth-order valence-corrected chi connectivity index (χ4v) is 2.19. The van der Waals surface area contributed by atoms with Crippen LogP contribution in [-0.2, 0) is 6.42 Å². The van der Waals surface area contributed by atoms with E-state index in [9.17, 15) is 0 Å². The summed E-state index contributed by atoms with van der Waals surface area (Å²) >= 11 is 3.60. The molecule has 2 rings (SSSR count). The first-order valence-electron chi connectivity index (χ1n) is 4.96. The molecule has 0 unspecified atom stereocenters. The van der Waals surface area contributed by atoms with Crippen molar-refractivity contribution in [2.75, 3.05) is 20.4 Å². The SMILES string of the molecule is CNCCc1cc2c(c(C)c1Br)OCO2. The van der Waals surface area contributed by atoms with Gasteiger partial charge >= 0.3 is 0 Å². The van der Waals surface area contributed by atoms with E-state index in [4.69, 9.17) is 9.47 Å². The molecule has 0 atom stereocenters. The van der Waals surface area contributed by atoms with Crippen LogP contribution in [0.1, 0.15) is 11.1 Å². The van der Waals surface area contributed by atoms with Gasteiger partial charge in [0, 0.05) is 10.0 Å². The van der Waals surface area contributed by atoms with Crippen LogP contribution in [0, 0.1) is 6.92 Å². The third-order valence-corrected chi connectivity index (χ3v) is 3.65. The predicted molar refractivity (Wildman–Crippen MR) is 62.6 cm³/mol. The van der Waals surface area contributed by atoms with Gasteiger partial charge in [-0.05, 0) is 38.6 Å². The average Bonchev–Trinajstić information content (AvgIpc) is 2.69. The fourth-order valence-electron chi connectivity index (χ4n) is 1.69. The van der Waals surface area contributed by atoms with Gasteiger partial charge in [0.05, 0.1) is 0 Å². The van der Waals surface area contributed by atoms with E-state index in [1.165, 1.54) is 5.56 Å². The summed E-state index contributed by atoms with van der Waals surface area (Å²) in [5.74, 6) is 1.73. The number of nitrogens with one attached hydrogen (secondary N) is 1. The van der Waals surface area contributed by atoms with Crippen molar-refractivity contribution in [1.29, 1.82) is 0 Å². The molecule has 1 aliphatic heterocycles. The second kappa shape index (κ2) is 4.41. The average molecular weight is 272 g/mol. The van der Waals surface area contributed by atoms with E-state index in [1.807, 2.05) is 14.0 Å². The Morgan fingerprint density at radius 1 is 1.47 bits per heavy atom. The standard InChI is InChI=1S/C11H14BrNO2/c1-7-10(12)8(3-4-13-2)5-9-11(7)15-6-14-9/h5,13H,3-4,6H2,1-2H3. The first-order chi connectivity index (χ1) is 7.24. The molecule has 0 amide bonds. The van der Waals surface area contributed by atoms with Gasteiger partial charge in [0.1, 0.15) is 0 Å². The van der Waals surface area contributed by atoms with E-state index in [0.29, 0.717) is 6.79 Å². The van der Waals surface area contributed by atoms with Gasteiger partial charge in [0.15, 0.2) is 11.5 Å². The maximum Gasteiger partial charge on any atom is 0.231 e. The Bertz CT molecular complexity index is 379. The number of hydrogen-bond acceptors (Lipinski definition) is 3. The van der Waals surface area contributed by atoms with Crippen molar-refractivity contribution >= 4 is 15.9 Å². The molecule has 0 aromatic heterocycles. The van der Waals surface area contributed by atoms with Gasteiger partial charge in [-0.25, -0.2) is 0 Å². The number of benzene rings is 1. The minimum absolute atomic E-state index is 0.331. The lowest BCUT2D eigenvalue weighted by molar-refractivity contribution is 0.173. The summed E-state index contributed by atoms with van der Waals surface area (Å²) < 4.78 is 11.9. The molecule has 1 aromatic rings. The zero-order chi connectivity index (χ0) is 10.8. The maximum absolute atomic E-state index is 5.40. The molecule has 0 saturated carbocycles. The van der Waals surface area contributed by atoms with Crippen molar-refractivity contribution in [3.8, 4) is 11.5 Å². The van der Waals surface area contributed by atoms with Gasteiger partial charge in [-0.1, -0.05) is 15.9 Å². The van der Waals surface area contributed by atoms with Gasteiger partial charge < -0.3 is 14.8 Å². The molecule has 4 heteroatoms. The van der Waals surface area contributed by atoms with E-state index in [2.05, 4.69) is 27.3 Å². The number of rotatable bonds is 3. The van der Waals surface area contributed by atoms with Crippen LogP contribution in [0.15, 0.2) is 10.5 Å². The molecule has 0 fully saturated rings. The van der Waals surface area contributed by atoms with Crippen molar-refractivity contribution < 1.29 is 9.47 Å². The molecule has 0 aliphatic carbocycles. The second-order valence-corrected chi connectivity index (χ2v) is 4.36. The Balaban J connectivity index is 2.36. The highest BCUT2D eigenvalue weighted by Crippen LogP contribution is 2.41. The second-order valence-electron chi connectivity index (χ2n) is 3.56. The van der Waals surface area contributed by atoms with Crippen LogP contribution in [-0.4, -0.2) is 20.4 Å². The Kier molecular flexibility index (Phi) is 3.17. The molecule has 1 aromatic carbocycles. The summed E-state index contributed by atoms with van der Waals surface area (Å²) in [5.41, 5.74) is 2.38. The van der Waals surface area contributed by atoms with Crippen molar-refractivity contribution in [3.05, 3.63) is 21.7 Å². The van der Waals surface area contributed by atoms with E-state index < -0.39 is 0 Å². The lowest BCUT2D eigenvalue weighted by Gasteiger charge is -2.09. The van der Waals surface area contributed by atoms with Gasteiger partial charge in [0.2, 0.25) is 6.79 Å². The summed E-state index contributed by atoms with van der Waals surface area (Å²) in [6.07, 6.45) is 0.981. The van der Waals surface area contributed by atoms with E-state index in [1.54, 1.807) is 0 Å². The zero-order valence-electron chi connectivity index (χ0n) is 8.89. The Labute approximate surface area is 97.9 Å². The first kappa shape index (κ1) is 10.8. The lowest BCUT2D eigenvalue weighted by Crippen LogP contribution is -2.10. The van der Waals surface area contributed by atoms with Crippen molar-refractivity contribution in [3.63, 3.8) is 0 Å². The molecular formula is C11H14BrNO2. The van der Waals surface area contributed by atoms with Crippen LogP contribution in [0.5, 0.6) is 11.5 Å². The molecule has 0 bridgehead atoms. The topological polar surface area (TPSA) is 30.5 Å². The fraction of sp³-hybridized carbons (Fsp3) is 0.455. The molecular weight excluding hydrogens is 258 g/mol. The Morgan fingerprint density at radius 2 is 2.27 bits per heavy atom. The van der Waals surface area contributed by atoms with Crippen LogP contribution in [0.25, 0.3) is 0 Å². The van der Waals surface area contributed by atoms with E-state index in [0.717, 1.165) is 34.5 Å². The first-order valence-corrected chi connectivity index (χ1v) is 5.75. The molecule has 1 aliphatic rings. The smallest absolute Gasteiger partial charge is 0.231 e. The third kappa shape index (κ3) is 1.96. The van der Waals surface area contributed by atoms with Gasteiger partial charge in [-0.2, -0.15) is 0 Å². The number of ether oxygens (including phenoxy) is 2. The Morgan fingerprint density at radius 3 is 3.00 bits per heavy atom. The highest BCUT2D eigenvalue weighted by atomic mass is 79.9. The molecule has 0 saturated heterocycles. The van der Waals surface area contributed by atoms with E-state index >= 15 is 0 Å². The molecule has 1 heterocycles. The number of fused-ring (bicyclic) bond motifs is 1. The Hall–Kier alpha value is -0.740.